The van der Waals surface area contributed by atoms with Crippen LogP contribution >= 0.6 is 11.3 Å². The molecule has 6 heteroatoms. The molecular formula is C17H19NO4S. The molecule has 1 aromatic carbocycles. The van der Waals surface area contributed by atoms with Gasteiger partial charge < -0.3 is 14.8 Å². The van der Waals surface area contributed by atoms with Crippen molar-refractivity contribution in [3.8, 4) is 5.75 Å². The molecule has 0 spiro atoms. The Morgan fingerprint density at radius 1 is 1.22 bits per heavy atom. The van der Waals surface area contributed by atoms with Crippen molar-refractivity contribution in [2.75, 3.05) is 13.7 Å². The van der Waals surface area contributed by atoms with Crippen LogP contribution < -0.4 is 10.1 Å². The summed E-state index contributed by atoms with van der Waals surface area (Å²) >= 11 is 1.53. The lowest BCUT2D eigenvalue weighted by atomic mass is 10.2. The lowest BCUT2D eigenvalue weighted by Gasteiger charge is -2.09. The molecule has 1 N–H and O–H groups in total. The van der Waals surface area contributed by atoms with E-state index in [0.717, 1.165) is 15.3 Å². The van der Waals surface area contributed by atoms with Crippen LogP contribution in [0.1, 0.15) is 25.7 Å². The average molecular weight is 333 g/mol. The number of nitrogens with one attached hydrogen (secondary N) is 1. The van der Waals surface area contributed by atoms with Crippen LogP contribution in [0.3, 0.4) is 0 Å². The fourth-order valence-electron chi connectivity index (χ4n) is 2.14. The van der Waals surface area contributed by atoms with Crippen molar-refractivity contribution in [3.63, 3.8) is 0 Å². The quantitative estimate of drug-likeness (QED) is 0.826. The summed E-state index contributed by atoms with van der Waals surface area (Å²) in [6.45, 7) is 3.80. The lowest BCUT2D eigenvalue weighted by Crippen LogP contribution is -2.28. The van der Waals surface area contributed by atoms with Crippen molar-refractivity contribution in [2.24, 2.45) is 0 Å². The molecule has 5 nitrogen and oxygen atoms in total. The third-order valence-electron chi connectivity index (χ3n) is 3.26. The van der Waals surface area contributed by atoms with E-state index in [1.165, 1.54) is 11.3 Å². The molecule has 23 heavy (non-hydrogen) atoms. The number of carbonyl (C=O) groups is 2. The van der Waals surface area contributed by atoms with Gasteiger partial charge in [-0.15, -0.1) is 11.3 Å². The molecule has 1 heterocycles. The van der Waals surface area contributed by atoms with Crippen molar-refractivity contribution < 1.29 is 19.1 Å². The van der Waals surface area contributed by atoms with E-state index in [0.29, 0.717) is 17.9 Å². The van der Waals surface area contributed by atoms with E-state index in [1.54, 1.807) is 13.2 Å². The topological polar surface area (TPSA) is 64.6 Å². The minimum atomic E-state index is -0.473. The second-order valence-corrected chi connectivity index (χ2v) is 6.45. The molecule has 0 aliphatic rings. The Labute approximate surface area is 139 Å². The Balaban J connectivity index is 1.83. The summed E-state index contributed by atoms with van der Waals surface area (Å²) in [5.41, 5.74) is 1.38. The van der Waals surface area contributed by atoms with E-state index in [9.17, 15) is 9.59 Å². The van der Waals surface area contributed by atoms with Gasteiger partial charge in [-0.3, -0.25) is 4.79 Å². The minimum absolute atomic E-state index is 0.303. The molecule has 0 saturated heterocycles. The molecule has 1 aromatic heterocycles. The summed E-state index contributed by atoms with van der Waals surface area (Å²) in [7, 11) is 1.58. The number of thiophene rings is 1. The third kappa shape index (κ3) is 4.56. The van der Waals surface area contributed by atoms with Gasteiger partial charge in [-0.2, -0.15) is 0 Å². The van der Waals surface area contributed by atoms with Crippen LogP contribution in [0.2, 0.25) is 0 Å². The summed E-state index contributed by atoms with van der Waals surface area (Å²) < 4.78 is 10.3. The maximum absolute atomic E-state index is 11.9. The predicted molar refractivity (Wildman–Crippen MR) is 88.9 cm³/mol. The van der Waals surface area contributed by atoms with Crippen molar-refractivity contribution in [1.82, 2.24) is 5.32 Å². The summed E-state index contributed by atoms with van der Waals surface area (Å²) in [5, 5.41) is 2.71. The van der Waals surface area contributed by atoms with E-state index >= 15 is 0 Å². The molecule has 2 aromatic rings. The number of para-hydroxylation sites is 1. The first-order valence-corrected chi connectivity index (χ1v) is 7.95. The molecule has 122 valence electrons. The number of amides is 1. The highest BCUT2D eigenvalue weighted by molar-refractivity contribution is 7.12. The molecule has 1 amide bonds. The summed E-state index contributed by atoms with van der Waals surface area (Å²) in [4.78, 5) is 25.7. The van der Waals surface area contributed by atoms with Crippen molar-refractivity contribution in [1.29, 1.82) is 0 Å². The zero-order valence-corrected chi connectivity index (χ0v) is 14.2. The Morgan fingerprint density at radius 2 is 1.96 bits per heavy atom. The van der Waals surface area contributed by atoms with Gasteiger partial charge in [0.1, 0.15) is 5.75 Å². The van der Waals surface area contributed by atoms with Gasteiger partial charge in [0.05, 0.1) is 12.7 Å². The molecule has 0 aliphatic carbocycles. The van der Waals surface area contributed by atoms with Crippen molar-refractivity contribution in [2.45, 2.75) is 20.4 Å². The van der Waals surface area contributed by atoms with Crippen LogP contribution in [0.15, 0.2) is 30.3 Å². The van der Waals surface area contributed by atoms with Crippen molar-refractivity contribution >= 4 is 23.2 Å². The summed E-state index contributed by atoms with van der Waals surface area (Å²) in [6, 6.07) is 9.18. The number of benzene rings is 1. The second kappa shape index (κ2) is 7.78. The van der Waals surface area contributed by atoms with E-state index in [2.05, 4.69) is 5.32 Å². The minimum Gasteiger partial charge on any atom is -0.496 e. The van der Waals surface area contributed by atoms with Gasteiger partial charge in [0.15, 0.2) is 6.61 Å². The van der Waals surface area contributed by atoms with Crippen molar-refractivity contribution in [3.05, 3.63) is 51.2 Å². The highest BCUT2D eigenvalue weighted by Crippen LogP contribution is 2.21. The van der Waals surface area contributed by atoms with Crippen LogP contribution in [-0.4, -0.2) is 25.6 Å². The van der Waals surface area contributed by atoms with Gasteiger partial charge in [0.2, 0.25) is 0 Å². The molecule has 0 radical (unpaired) electrons. The van der Waals surface area contributed by atoms with E-state index in [1.807, 2.05) is 38.1 Å². The van der Waals surface area contributed by atoms with E-state index in [-0.39, 0.29) is 12.5 Å². The molecule has 0 aliphatic heterocycles. The van der Waals surface area contributed by atoms with Crippen LogP contribution in [0.4, 0.5) is 0 Å². The average Bonchev–Trinajstić information content (AvgIpc) is 2.89. The van der Waals surface area contributed by atoms with Crippen LogP contribution in [0.25, 0.3) is 0 Å². The molecule has 0 saturated carbocycles. The molecule has 2 rings (SSSR count). The first-order chi connectivity index (χ1) is 11.0. The highest BCUT2D eigenvalue weighted by Gasteiger charge is 2.15. The predicted octanol–water partition coefficient (Wildman–Crippen LogP) is 2.85. The maximum atomic E-state index is 11.9. The second-order valence-electron chi connectivity index (χ2n) is 4.99. The normalized spacial score (nSPS) is 10.2. The zero-order valence-electron chi connectivity index (χ0n) is 13.3. The Kier molecular flexibility index (Phi) is 5.76. The third-order valence-corrected chi connectivity index (χ3v) is 4.23. The Bertz CT molecular complexity index is 708. The van der Waals surface area contributed by atoms with E-state index in [4.69, 9.17) is 9.47 Å². The number of methoxy groups -OCH3 is 1. The molecule has 0 atom stereocenters. The highest BCUT2D eigenvalue weighted by atomic mass is 32.1. The summed E-state index contributed by atoms with van der Waals surface area (Å²) in [5.74, 6) is -0.123. The van der Waals surface area contributed by atoms with Gasteiger partial charge in [-0.25, -0.2) is 4.79 Å². The maximum Gasteiger partial charge on any atom is 0.339 e. The zero-order chi connectivity index (χ0) is 16.8. The number of hydrogen-bond acceptors (Lipinski definition) is 5. The fourth-order valence-corrected chi connectivity index (χ4v) is 3.05. The SMILES string of the molecule is COc1ccccc1CNC(=O)COC(=O)c1cc(C)sc1C. The summed E-state index contributed by atoms with van der Waals surface area (Å²) in [6.07, 6.45) is 0. The molecule has 0 fully saturated rings. The van der Waals surface area contributed by atoms with Crippen LogP contribution in [0, 0.1) is 13.8 Å². The Hall–Kier alpha value is -2.34. The fraction of sp³-hybridized carbons (Fsp3) is 0.294. The monoisotopic (exact) mass is 333 g/mol. The van der Waals surface area contributed by atoms with Crippen LogP contribution in [-0.2, 0) is 16.1 Å². The van der Waals surface area contributed by atoms with Gasteiger partial charge in [0.25, 0.3) is 5.91 Å². The number of carbonyl (C=O) groups excluding carboxylic acids is 2. The molecule has 0 bridgehead atoms. The van der Waals surface area contributed by atoms with Crippen LogP contribution in [0.5, 0.6) is 5.75 Å². The number of esters is 1. The number of rotatable bonds is 6. The number of hydrogen-bond donors (Lipinski definition) is 1. The first kappa shape index (κ1) is 17.0. The molecule has 0 unspecified atom stereocenters. The smallest absolute Gasteiger partial charge is 0.339 e. The van der Waals surface area contributed by atoms with Gasteiger partial charge in [0, 0.05) is 21.9 Å². The van der Waals surface area contributed by atoms with Gasteiger partial charge >= 0.3 is 5.97 Å². The standard InChI is InChI=1S/C17H19NO4S/c1-11-8-14(12(2)23-11)17(20)22-10-16(19)18-9-13-6-4-5-7-15(13)21-3/h4-8H,9-10H2,1-3H3,(H,18,19). The first-order valence-electron chi connectivity index (χ1n) is 7.14. The van der Waals surface area contributed by atoms with Gasteiger partial charge in [-0.05, 0) is 26.0 Å². The lowest BCUT2D eigenvalue weighted by molar-refractivity contribution is -0.124. The molecular weight excluding hydrogens is 314 g/mol. The van der Waals surface area contributed by atoms with E-state index < -0.39 is 5.97 Å². The Morgan fingerprint density at radius 3 is 2.61 bits per heavy atom. The number of aryl methyl sites for hydroxylation is 2. The largest absolute Gasteiger partial charge is 0.496 e. The van der Waals surface area contributed by atoms with Gasteiger partial charge in [-0.1, -0.05) is 18.2 Å². The number of ether oxygens (including phenoxy) is 2.